The van der Waals surface area contributed by atoms with Gasteiger partial charge in [0.1, 0.15) is 0 Å². The number of aromatic nitrogens is 1. The molecule has 0 aliphatic carbocycles. The molecule has 0 unspecified atom stereocenters. The van der Waals surface area contributed by atoms with E-state index in [0.29, 0.717) is 0 Å². The number of benzene rings is 1. The van der Waals surface area contributed by atoms with Gasteiger partial charge in [-0.3, -0.25) is 0 Å². The van der Waals surface area contributed by atoms with Crippen LogP contribution in [0.5, 0.6) is 0 Å². The maximum Gasteiger partial charge on any atom is 0.0483 e. The molecule has 22 heavy (non-hydrogen) atoms. The quantitative estimate of drug-likeness (QED) is 0.625. The van der Waals surface area contributed by atoms with Crippen LogP contribution in [-0.4, -0.2) is 24.3 Å². The van der Waals surface area contributed by atoms with Gasteiger partial charge >= 0.3 is 0 Å². The van der Waals surface area contributed by atoms with Gasteiger partial charge in [0.15, 0.2) is 0 Å². The Morgan fingerprint density at radius 3 is 2.68 bits per heavy atom. The Bertz CT molecular complexity index is 547. The van der Waals surface area contributed by atoms with Crippen molar-refractivity contribution in [3.8, 4) is 0 Å². The lowest BCUT2D eigenvalue weighted by Crippen LogP contribution is -2.16. The lowest BCUT2D eigenvalue weighted by molar-refractivity contribution is 0.129. The van der Waals surface area contributed by atoms with Crippen molar-refractivity contribution in [3.63, 3.8) is 0 Å². The van der Waals surface area contributed by atoms with Gasteiger partial charge < -0.3 is 14.6 Å². The van der Waals surface area contributed by atoms with Crippen LogP contribution in [0.3, 0.4) is 0 Å². The second-order valence-corrected chi connectivity index (χ2v) is 5.86. The van der Waals surface area contributed by atoms with Crippen LogP contribution < -0.4 is 5.32 Å². The van der Waals surface area contributed by atoms with Crippen LogP contribution in [0.2, 0.25) is 0 Å². The van der Waals surface area contributed by atoms with Crippen molar-refractivity contribution in [2.45, 2.75) is 52.6 Å². The van der Waals surface area contributed by atoms with Crippen LogP contribution in [0, 0.1) is 0 Å². The third-order valence-electron chi connectivity index (χ3n) is 3.94. The summed E-state index contributed by atoms with van der Waals surface area (Å²) < 4.78 is 7.96. The first-order valence-electron chi connectivity index (χ1n) is 8.72. The average molecular weight is 302 g/mol. The maximum atomic E-state index is 5.59. The summed E-state index contributed by atoms with van der Waals surface area (Å²) in [5.74, 6) is 0. The number of rotatable bonds is 11. The summed E-state index contributed by atoms with van der Waals surface area (Å²) in [6.45, 7) is 9.23. The number of hydrogen-bond donors (Lipinski definition) is 1. The maximum absolute atomic E-state index is 5.59. The van der Waals surface area contributed by atoms with E-state index in [-0.39, 0.29) is 0 Å². The molecule has 2 rings (SSSR count). The molecule has 0 amide bonds. The second kappa shape index (κ2) is 9.65. The van der Waals surface area contributed by atoms with Crippen LogP contribution >= 0.6 is 0 Å². The van der Waals surface area contributed by atoms with Gasteiger partial charge in [0.05, 0.1) is 0 Å². The summed E-state index contributed by atoms with van der Waals surface area (Å²) in [7, 11) is 0. The second-order valence-electron chi connectivity index (χ2n) is 5.86. The third kappa shape index (κ3) is 4.85. The van der Waals surface area contributed by atoms with Crippen LogP contribution in [0.15, 0.2) is 30.5 Å². The van der Waals surface area contributed by atoms with Crippen LogP contribution in [0.25, 0.3) is 10.9 Å². The molecule has 0 saturated carbocycles. The molecule has 0 radical (unpaired) electrons. The summed E-state index contributed by atoms with van der Waals surface area (Å²) in [6, 6.07) is 8.70. The van der Waals surface area contributed by atoms with E-state index in [1.54, 1.807) is 0 Å². The van der Waals surface area contributed by atoms with Gasteiger partial charge in [-0.05, 0) is 37.4 Å². The lowest BCUT2D eigenvalue weighted by Gasteiger charge is -2.05. The number of fused-ring (bicyclic) bond motifs is 1. The predicted molar refractivity (Wildman–Crippen MR) is 94.3 cm³/mol. The van der Waals surface area contributed by atoms with E-state index in [0.717, 1.165) is 39.3 Å². The SMILES string of the molecule is CCCCOCCCNCc1cn(CCC)c2ccccc12. The monoisotopic (exact) mass is 302 g/mol. The highest BCUT2D eigenvalue weighted by atomic mass is 16.5. The smallest absolute Gasteiger partial charge is 0.0483 e. The van der Waals surface area contributed by atoms with Crippen molar-refractivity contribution in [1.29, 1.82) is 0 Å². The molecule has 1 aromatic heterocycles. The molecule has 0 spiro atoms. The number of hydrogen-bond acceptors (Lipinski definition) is 2. The minimum Gasteiger partial charge on any atom is -0.381 e. The molecule has 1 heterocycles. The highest BCUT2D eigenvalue weighted by Crippen LogP contribution is 2.21. The third-order valence-corrected chi connectivity index (χ3v) is 3.94. The molecule has 3 nitrogen and oxygen atoms in total. The molecule has 0 aliphatic rings. The van der Waals surface area contributed by atoms with Crippen molar-refractivity contribution < 1.29 is 4.74 Å². The molecule has 1 aromatic carbocycles. The normalized spacial score (nSPS) is 11.4. The summed E-state index contributed by atoms with van der Waals surface area (Å²) in [5.41, 5.74) is 2.75. The van der Waals surface area contributed by atoms with Gasteiger partial charge in [-0.15, -0.1) is 0 Å². The molecule has 0 aliphatic heterocycles. The summed E-state index contributed by atoms with van der Waals surface area (Å²) in [6.07, 6.45) is 6.93. The van der Waals surface area contributed by atoms with E-state index < -0.39 is 0 Å². The van der Waals surface area contributed by atoms with Gasteiger partial charge in [0.2, 0.25) is 0 Å². The predicted octanol–water partition coefficient (Wildman–Crippen LogP) is 4.35. The Hall–Kier alpha value is -1.32. The minimum absolute atomic E-state index is 0.866. The minimum atomic E-state index is 0.866. The highest BCUT2D eigenvalue weighted by molar-refractivity contribution is 5.83. The van der Waals surface area contributed by atoms with Gasteiger partial charge in [-0.2, -0.15) is 0 Å². The highest BCUT2D eigenvalue weighted by Gasteiger charge is 2.06. The van der Waals surface area contributed by atoms with Crippen molar-refractivity contribution in [3.05, 3.63) is 36.0 Å². The van der Waals surface area contributed by atoms with Gasteiger partial charge in [0.25, 0.3) is 0 Å². The van der Waals surface area contributed by atoms with Crippen molar-refractivity contribution in [2.75, 3.05) is 19.8 Å². The number of nitrogens with one attached hydrogen (secondary N) is 1. The van der Waals surface area contributed by atoms with E-state index >= 15 is 0 Å². The van der Waals surface area contributed by atoms with Crippen LogP contribution in [-0.2, 0) is 17.8 Å². The summed E-state index contributed by atoms with van der Waals surface area (Å²) in [5, 5.41) is 4.92. The molecule has 1 N–H and O–H groups in total. The number of nitrogens with zero attached hydrogens (tertiary/aromatic N) is 1. The van der Waals surface area contributed by atoms with E-state index in [1.165, 1.54) is 35.7 Å². The Labute approximate surface area is 134 Å². The van der Waals surface area contributed by atoms with Gasteiger partial charge in [0, 0.05) is 43.4 Å². The summed E-state index contributed by atoms with van der Waals surface area (Å²) in [4.78, 5) is 0. The van der Waals surface area contributed by atoms with Crippen molar-refractivity contribution in [2.24, 2.45) is 0 Å². The van der Waals surface area contributed by atoms with E-state index in [4.69, 9.17) is 4.74 Å². The topological polar surface area (TPSA) is 26.2 Å². The first kappa shape index (κ1) is 17.0. The standard InChI is InChI=1S/C19H30N2O/c1-3-5-13-22-14-8-11-20-15-17-16-21(12-4-2)19-10-7-6-9-18(17)19/h6-7,9-10,16,20H,3-5,8,11-15H2,1-2H3. The fraction of sp³-hybridized carbons (Fsp3) is 0.579. The largest absolute Gasteiger partial charge is 0.381 e. The lowest BCUT2D eigenvalue weighted by atomic mass is 10.2. The average Bonchev–Trinajstić information content (AvgIpc) is 2.89. The molecule has 0 atom stereocenters. The van der Waals surface area contributed by atoms with Crippen molar-refractivity contribution >= 4 is 10.9 Å². The molecule has 2 aromatic rings. The molecule has 0 bridgehead atoms. The molecule has 0 fully saturated rings. The number of para-hydroxylation sites is 1. The van der Waals surface area contributed by atoms with E-state index in [2.05, 4.69) is 54.2 Å². The first-order valence-corrected chi connectivity index (χ1v) is 8.72. The fourth-order valence-electron chi connectivity index (χ4n) is 2.76. The van der Waals surface area contributed by atoms with Crippen LogP contribution in [0.4, 0.5) is 0 Å². The number of ether oxygens (including phenoxy) is 1. The molecular weight excluding hydrogens is 272 g/mol. The zero-order valence-corrected chi connectivity index (χ0v) is 14.1. The Morgan fingerprint density at radius 1 is 1.05 bits per heavy atom. The zero-order valence-electron chi connectivity index (χ0n) is 14.1. The number of aryl methyl sites for hydroxylation is 1. The Balaban J connectivity index is 1.79. The van der Waals surface area contributed by atoms with Crippen LogP contribution in [0.1, 0.15) is 45.1 Å². The first-order chi connectivity index (χ1) is 10.9. The van der Waals surface area contributed by atoms with Gasteiger partial charge in [-0.25, -0.2) is 0 Å². The van der Waals surface area contributed by atoms with Gasteiger partial charge in [-0.1, -0.05) is 38.5 Å². The summed E-state index contributed by atoms with van der Waals surface area (Å²) >= 11 is 0. The zero-order chi connectivity index (χ0) is 15.6. The molecule has 122 valence electrons. The number of unbranched alkanes of at least 4 members (excludes halogenated alkanes) is 1. The van der Waals surface area contributed by atoms with Crippen molar-refractivity contribution in [1.82, 2.24) is 9.88 Å². The Morgan fingerprint density at radius 2 is 1.86 bits per heavy atom. The Kier molecular flexibility index (Phi) is 7.47. The molecular formula is C19H30N2O. The fourth-order valence-corrected chi connectivity index (χ4v) is 2.76. The van der Waals surface area contributed by atoms with E-state index in [9.17, 15) is 0 Å². The van der Waals surface area contributed by atoms with E-state index in [1.807, 2.05) is 0 Å². The molecule has 3 heteroatoms. The molecule has 0 saturated heterocycles.